The predicted octanol–water partition coefficient (Wildman–Crippen LogP) is 1.47. The zero-order chi connectivity index (χ0) is 16.6. The summed E-state index contributed by atoms with van der Waals surface area (Å²) in [6, 6.07) is 0. The highest BCUT2D eigenvalue weighted by atomic mass is 127. The molecule has 6 nitrogen and oxygen atoms in total. The molecule has 0 bridgehead atoms. The number of rotatable bonds is 7. The second kappa shape index (κ2) is 10.7. The zero-order valence-electron chi connectivity index (χ0n) is 14.9. The summed E-state index contributed by atoms with van der Waals surface area (Å²) in [4.78, 5) is 6.89. The molecule has 1 fully saturated rings. The molecule has 0 aromatic rings. The van der Waals surface area contributed by atoms with Crippen molar-refractivity contribution in [3.05, 3.63) is 0 Å². The van der Waals surface area contributed by atoms with Gasteiger partial charge in [-0.05, 0) is 46.7 Å². The number of hydrogen-bond donors (Lipinski definition) is 2. The van der Waals surface area contributed by atoms with E-state index in [-0.39, 0.29) is 30.5 Å². The van der Waals surface area contributed by atoms with E-state index in [2.05, 4.69) is 20.5 Å². The third-order valence-corrected chi connectivity index (χ3v) is 6.27. The van der Waals surface area contributed by atoms with Gasteiger partial charge in [-0.25, -0.2) is 8.42 Å². The van der Waals surface area contributed by atoms with E-state index in [1.165, 1.54) is 38.6 Å². The highest BCUT2D eigenvalue weighted by molar-refractivity contribution is 14.0. The molecule has 0 unspecified atom stereocenters. The van der Waals surface area contributed by atoms with E-state index in [1.807, 2.05) is 6.92 Å². The molecule has 1 aliphatic heterocycles. The summed E-state index contributed by atoms with van der Waals surface area (Å²) in [5.74, 6) is 0.691. The monoisotopic (exact) mass is 460 g/mol. The number of aliphatic imine (C=N–C) groups is 1. The molecule has 8 heteroatoms. The van der Waals surface area contributed by atoms with Crippen LogP contribution in [-0.4, -0.2) is 69.5 Å². The number of hydrogen-bond acceptors (Lipinski definition) is 4. The van der Waals surface area contributed by atoms with Crippen molar-refractivity contribution in [1.29, 1.82) is 0 Å². The van der Waals surface area contributed by atoms with Crippen LogP contribution in [0.2, 0.25) is 0 Å². The molecule has 0 saturated carbocycles. The number of guanidine groups is 1. The minimum Gasteiger partial charge on any atom is -0.357 e. The van der Waals surface area contributed by atoms with Crippen molar-refractivity contribution in [2.24, 2.45) is 4.99 Å². The summed E-state index contributed by atoms with van der Waals surface area (Å²) >= 11 is 0. The molecule has 2 N–H and O–H groups in total. The topological polar surface area (TPSA) is 73.8 Å². The number of piperidine rings is 1. The van der Waals surface area contributed by atoms with Gasteiger partial charge in [0.2, 0.25) is 0 Å². The Bertz CT molecular complexity index is 460. The van der Waals surface area contributed by atoms with Gasteiger partial charge in [-0.15, -0.1) is 24.0 Å². The first-order valence-corrected chi connectivity index (χ1v) is 10.1. The minimum absolute atomic E-state index is 0. The van der Waals surface area contributed by atoms with E-state index in [9.17, 15) is 8.42 Å². The second-order valence-corrected chi connectivity index (χ2v) is 9.21. The Kier molecular flexibility index (Phi) is 10.7. The maximum atomic E-state index is 11.7. The molecule has 1 saturated heterocycles. The predicted molar refractivity (Wildman–Crippen MR) is 109 cm³/mol. The maximum absolute atomic E-state index is 11.7. The summed E-state index contributed by atoms with van der Waals surface area (Å²) in [6.45, 7) is 10.6. The molecule has 0 atom stereocenters. The van der Waals surface area contributed by atoms with Crippen molar-refractivity contribution in [1.82, 2.24) is 15.5 Å². The summed E-state index contributed by atoms with van der Waals surface area (Å²) < 4.78 is 22.6. The molecule has 1 heterocycles. The molecule has 1 aliphatic rings. The Balaban J connectivity index is 0.00000484. The van der Waals surface area contributed by atoms with Gasteiger partial charge in [-0.1, -0.05) is 6.42 Å². The fourth-order valence-electron chi connectivity index (χ4n) is 2.24. The summed E-state index contributed by atoms with van der Waals surface area (Å²) in [6.07, 6.45) is 5.18. The van der Waals surface area contributed by atoms with Crippen LogP contribution in [0.1, 0.15) is 40.0 Å². The van der Waals surface area contributed by atoms with Crippen LogP contribution in [-0.2, 0) is 9.84 Å². The number of halogens is 1. The van der Waals surface area contributed by atoms with Gasteiger partial charge >= 0.3 is 0 Å². The van der Waals surface area contributed by atoms with Crippen LogP contribution in [0, 0.1) is 0 Å². The van der Waals surface area contributed by atoms with E-state index >= 15 is 0 Å². The average Bonchev–Trinajstić information content (AvgIpc) is 2.45. The molecule has 0 radical (unpaired) electrons. The van der Waals surface area contributed by atoms with Crippen LogP contribution in [0.25, 0.3) is 0 Å². The van der Waals surface area contributed by atoms with Crippen LogP contribution >= 0.6 is 24.0 Å². The summed E-state index contributed by atoms with van der Waals surface area (Å²) in [5, 5.41) is 6.46. The van der Waals surface area contributed by atoms with Crippen LogP contribution < -0.4 is 10.6 Å². The van der Waals surface area contributed by atoms with Gasteiger partial charge in [0.15, 0.2) is 15.8 Å². The van der Waals surface area contributed by atoms with Crippen LogP contribution in [0.3, 0.4) is 0 Å². The van der Waals surface area contributed by atoms with Crippen LogP contribution in [0.15, 0.2) is 4.99 Å². The smallest absolute Gasteiger partial charge is 0.191 e. The minimum atomic E-state index is -3.12. The standard InChI is InChI=1S/C15H32N4O2S.HI/c1-5-16-14(18-13-15(2,3)22(4,20)21)17-9-12-19-10-7-6-8-11-19;/h5-13H2,1-4H3,(H2,16,17,18);1H. The Morgan fingerprint density at radius 1 is 1.17 bits per heavy atom. The SMILES string of the molecule is CCNC(=NCC(C)(C)S(C)(=O)=O)NCCN1CCCCC1.I. The highest BCUT2D eigenvalue weighted by Crippen LogP contribution is 2.15. The maximum Gasteiger partial charge on any atom is 0.191 e. The molecule has 138 valence electrons. The Morgan fingerprint density at radius 3 is 2.30 bits per heavy atom. The molecule has 0 aromatic heterocycles. The Hall–Kier alpha value is -0.0900. The molecular formula is C15H33IN4O2S. The Labute approximate surface area is 158 Å². The first-order valence-electron chi connectivity index (χ1n) is 8.20. The molecule has 23 heavy (non-hydrogen) atoms. The second-order valence-electron chi connectivity index (χ2n) is 6.56. The van der Waals surface area contributed by atoms with Crippen molar-refractivity contribution < 1.29 is 8.42 Å². The van der Waals surface area contributed by atoms with Gasteiger partial charge in [-0.2, -0.15) is 0 Å². The lowest BCUT2D eigenvalue weighted by Gasteiger charge is -2.26. The van der Waals surface area contributed by atoms with Crippen molar-refractivity contribution in [3.63, 3.8) is 0 Å². The van der Waals surface area contributed by atoms with Crippen LogP contribution in [0.5, 0.6) is 0 Å². The zero-order valence-corrected chi connectivity index (χ0v) is 18.0. The number of sulfone groups is 1. The van der Waals surface area contributed by atoms with Gasteiger partial charge in [0.25, 0.3) is 0 Å². The summed E-state index contributed by atoms with van der Waals surface area (Å²) in [7, 11) is -3.12. The largest absolute Gasteiger partial charge is 0.357 e. The Morgan fingerprint density at radius 2 is 1.78 bits per heavy atom. The van der Waals surface area contributed by atoms with Gasteiger partial charge in [0.1, 0.15) is 0 Å². The fourth-order valence-corrected chi connectivity index (χ4v) is 2.54. The van der Waals surface area contributed by atoms with Gasteiger partial charge in [-0.3, -0.25) is 4.99 Å². The van der Waals surface area contributed by atoms with E-state index in [4.69, 9.17) is 0 Å². The average molecular weight is 460 g/mol. The number of likely N-dealkylation sites (tertiary alicyclic amines) is 1. The fraction of sp³-hybridized carbons (Fsp3) is 0.933. The lowest BCUT2D eigenvalue weighted by Crippen LogP contribution is -2.44. The van der Waals surface area contributed by atoms with E-state index in [0.29, 0.717) is 5.96 Å². The quantitative estimate of drug-likeness (QED) is 0.342. The molecular weight excluding hydrogens is 427 g/mol. The number of nitrogens with one attached hydrogen (secondary N) is 2. The molecule has 0 amide bonds. The van der Waals surface area contributed by atoms with Crippen molar-refractivity contribution in [3.8, 4) is 0 Å². The molecule has 1 rings (SSSR count). The lowest BCUT2D eigenvalue weighted by atomic mass is 10.1. The van der Waals surface area contributed by atoms with Crippen molar-refractivity contribution in [2.75, 3.05) is 45.5 Å². The third-order valence-electron chi connectivity index (χ3n) is 4.14. The number of nitrogens with zero attached hydrogens (tertiary/aromatic N) is 2. The van der Waals surface area contributed by atoms with Crippen molar-refractivity contribution in [2.45, 2.75) is 44.8 Å². The van der Waals surface area contributed by atoms with E-state index in [0.717, 1.165) is 19.6 Å². The summed E-state index contributed by atoms with van der Waals surface area (Å²) in [5.41, 5.74) is 0. The van der Waals surface area contributed by atoms with Gasteiger partial charge in [0.05, 0.1) is 11.3 Å². The highest BCUT2D eigenvalue weighted by Gasteiger charge is 2.29. The molecule has 0 spiro atoms. The van der Waals surface area contributed by atoms with Crippen LogP contribution in [0.4, 0.5) is 0 Å². The van der Waals surface area contributed by atoms with Gasteiger partial charge in [0, 0.05) is 25.9 Å². The van der Waals surface area contributed by atoms with E-state index < -0.39 is 14.6 Å². The first kappa shape index (κ1) is 22.9. The third kappa shape index (κ3) is 8.53. The molecule has 0 aromatic carbocycles. The van der Waals surface area contributed by atoms with E-state index in [1.54, 1.807) is 13.8 Å². The normalized spacial score (nSPS) is 17.5. The lowest BCUT2D eigenvalue weighted by molar-refractivity contribution is 0.232. The first-order chi connectivity index (χ1) is 10.3. The van der Waals surface area contributed by atoms with Crippen molar-refractivity contribution >= 4 is 39.8 Å². The van der Waals surface area contributed by atoms with Gasteiger partial charge < -0.3 is 15.5 Å². The molecule has 0 aliphatic carbocycles.